The summed E-state index contributed by atoms with van der Waals surface area (Å²) in [6.45, 7) is 10.7. The number of carbonyl (C=O) groups excluding carboxylic acids is 1. The largest absolute Gasteiger partial charge is 0.444 e. The van der Waals surface area contributed by atoms with Crippen LogP contribution in [0.3, 0.4) is 0 Å². The monoisotopic (exact) mass is 279 g/mol. The summed E-state index contributed by atoms with van der Waals surface area (Å²) in [7, 11) is 0. The standard InChI is InChI=1S/C15H25N3O2/c1-11(2)8-9-16-13-7-6-12(10-17-13)18-14(19)20-15(3,4)5/h6-7,10-11H,8-9H2,1-5H3,(H,16,17)(H,18,19). The lowest BCUT2D eigenvalue weighted by molar-refractivity contribution is 0.0636. The first kappa shape index (κ1) is 16.3. The van der Waals surface area contributed by atoms with Crippen LogP contribution in [0, 0.1) is 5.92 Å². The summed E-state index contributed by atoms with van der Waals surface area (Å²) in [5.41, 5.74) is 0.115. The molecule has 0 unspecified atom stereocenters. The van der Waals surface area contributed by atoms with Gasteiger partial charge in [0.15, 0.2) is 0 Å². The Hall–Kier alpha value is -1.78. The van der Waals surface area contributed by atoms with Gasteiger partial charge in [-0.25, -0.2) is 9.78 Å². The number of aromatic nitrogens is 1. The minimum Gasteiger partial charge on any atom is -0.444 e. The first-order valence-electron chi connectivity index (χ1n) is 6.96. The van der Waals surface area contributed by atoms with E-state index in [9.17, 15) is 4.79 Å². The highest BCUT2D eigenvalue weighted by Gasteiger charge is 2.16. The van der Waals surface area contributed by atoms with Gasteiger partial charge in [-0.1, -0.05) is 13.8 Å². The molecule has 0 atom stereocenters. The Kier molecular flexibility index (Phi) is 5.80. The van der Waals surface area contributed by atoms with E-state index in [0.29, 0.717) is 11.6 Å². The molecule has 1 rings (SSSR count). The molecular weight excluding hydrogens is 254 g/mol. The average Bonchev–Trinajstić information content (AvgIpc) is 2.28. The number of hydrogen-bond acceptors (Lipinski definition) is 4. The van der Waals surface area contributed by atoms with E-state index < -0.39 is 11.7 Å². The average molecular weight is 279 g/mol. The van der Waals surface area contributed by atoms with Gasteiger partial charge in [-0.3, -0.25) is 5.32 Å². The maximum Gasteiger partial charge on any atom is 0.412 e. The predicted octanol–water partition coefficient (Wildman–Crippen LogP) is 3.89. The van der Waals surface area contributed by atoms with E-state index in [1.54, 1.807) is 12.3 Å². The van der Waals surface area contributed by atoms with E-state index in [1.165, 1.54) is 0 Å². The third kappa shape index (κ3) is 6.97. The Morgan fingerprint density at radius 3 is 2.55 bits per heavy atom. The molecule has 0 bridgehead atoms. The van der Waals surface area contributed by atoms with Crippen LogP contribution < -0.4 is 10.6 Å². The molecule has 5 nitrogen and oxygen atoms in total. The van der Waals surface area contributed by atoms with Crippen molar-refractivity contribution in [3.63, 3.8) is 0 Å². The molecule has 0 aliphatic carbocycles. The van der Waals surface area contributed by atoms with Crippen LogP contribution in [0.5, 0.6) is 0 Å². The molecular formula is C15H25N3O2. The predicted molar refractivity (Wildman–Crippen MR) is 82.0 cm³/mol. The summed E-state index contributed by atoms with van der Waals surface area (Å²) >= 11 is 0. The lowest BCUT2D eigenvalue weighted by atomic mass is 10.1. The van der Waals surface area contributed by atoms with Gasteiger partial charge in [0.05, 0.1) is 11.9 Å². The van der Waals surface area contributed by atoms with Crippen molar-refractivity contribution < 1.29 is 9.53 Å². The molecule has 1 aromatic rings. The van der Waals surface area contributed by atoms with Crippen LogP contribution in [0.25, 0.3) is 0 Å². The molecule has 0 aliphatic rings. The van der Waals surface area contributed by atoms with Crippen molar-refractivity contribution in [3.05, 3.63) is 18.3 Å². The zero-order valence-electron chi connectivity index (χ0n) is 13.0. The minimum atomic E-state index is -0.504. The fraction of sp³-hybridized carbons (Fsp3) is 0.600. The van der Waals surface area contributed by atoms with Crippen molar-refractivity contribution in [2.75, 3.05) is 17.2 Å². The van der Waals surface area contributed by atoms with Crippen LogP contribution in [0.4, 0.5) is 16.3 Å². The van der Waals surface area contributed by atoms with Crippen molar-refractivity contribution in [1.82, 2.24) is 4.98 Å². The highest BCUT2D eigenvalue weighted by Crippen LogP contribution is 2.13. The van der Waals surface area contributed by atoms with Gasteiger partial charge >= 0.3 is 6.09 Å². The number of carbonyl (C=O) groups is 1. The molecule has 0 aliphatic heterocycles. The second-order valence-electron chi connectivity index (χ2n) is 6.17. The van der Waals surface area contributed by atoms with Crippen molar-refractivity contribution in [3.8, 4) is 0 Å². The first-order chi connectivity index (χ1) is 9.26. The molecule has 1 heterocycles. The van der Waals surface area contributed by atoms with E-state index >= 15 is 0 Å². The Morgan fingerprint density at radius 2 is 2.05 bits per heavy atom. The minimum absolute atomic E-state index is 0.472. The number of anilines is 2. The highest BCUT2D eigenvalue weighted by atomic mass is 16.6. The van der Waals surface area contributed by atoms with Gasteiger partial charge in [0.1, 0.15) is 11.4 Å². The van der Waals surface area contributed by atoms with Crippen molar-refractivity contribution in [2.24, 2.45) is 5.92 Å². The van der Waals surface area contributed by atoms with E-state index in [-0.39, 0.29) is 0 Å². The van der Waals surface area contributed by atoms with Gasteiger partial charge in [-0.2, -0.15) is 0 Å². The van der Waals surface area contributed by atoms with Gasteiger partial charge < -0.3 is 10.1 Å². The lowest BCUT2D eigenvalue weighted by Crippen LogP contribution is -2.27. The third-order valence-corrected chi connectivity index (χ3v) is 2.44. The molecule has 0 saturated heterocycles. The molecule has 2 N–H and O–H groups in total. The molecule has 0 spiro atoms. The number of amides is 1. The fourth-order valence-corrected chi connectivity index (χ4v) is 1.48. The maximum absolute atomic E-state index is 11.6. The van der Waals surface area contributed by atoms with Crippen molar-refractivity contribution in [2.45, 2.75) is 46.6 Å². The number of nitrogens with zero attached hydrogens (tertiary/aromatic N) is 1. The highest BCUT2D eigenvalue weighted by molar-refractivity contribution is 5.84. The third-order valence-electron chi connectivity index (χ3n) is 2.44. The second-order valence-corrected chi connectivity index (χ2v) is 6.17. The number of rotatable bonds is 5. The summed E-state index contributed by atoms with van der Waals surface area (Å²) < 4.78 is 5.17. The molecule has 0 radical (unpaired) electrons. The SMILES string of the molecule is CC(C)CCNc1ccc(NC(=O)OC(C)(C)C)cn1. The van der Waals surface area contributed by atoms with Crippen molar-refractivity contribution >= 4 is 17.6 Å². The van der Waals surface area contributed by atoms with Gasteiger partial charge in [0.25, 0.3) is 0 Å². The van der Waals surface area contributed by atoms with E-state index in [4.69, 9.17) is 4.74 Å². The summed E-state index contributed by atoms with van der Waals surface area (Å²) in [6, 6.07) is 3.64. The topological polar surface area (TPSA) is 63.2 Å². The molecule has 20 heavy (non-hydrogen) atoms. The van der Waals surface area contributed by atoms with Gasteiger partial charge in [0.2, 0.25) is 0 Å². The number of pyridine rings is 1. The fourth-order valence-electron chi connectivity index (χ4n) is 1.48. The van der Waals surface area contributed by atoms with E-state index in [2.05, 4.69) is 29.5 Å². The van der Waals surface area contributed by atoms with Crippen LogP contribution in [0.1, 0.15) is 41.0 Å². The first-order valence-corrected chi connectivity index (χ1v) is 6.96. The second kappa shape index (κ2) is 7.12. The molecule has 1 aromatic heterocycles. The molecule has 112 valence electrons. The zero-order chi connectivity index (χ0) is 15.2. The summed E-state index contributed by atoms with van der Waals surface area (Å²) in [4.78, 5) is 15.8. The Morgan fingerprint density at radius 1 is 1.35 bits per heavy atom. The summed E-state index contributed by atoms with van der Waals surface area (Å²) in [5.74, 6) is 1.47. The number of hydrogen-bond donors (Lipinski definition) is 2. The Balaban J connectivity index is 2.44. The van der Waals surface area contributed by atoms with Crippen LogP contribution in [0.15, 0.2) is 18.3 Å². The van der Waals surface area contributed by atoms with Crippen LogP contribution >= 0.6 is 0 Å². The maximum atomic E-state index is 11.6. The molecule has 0 fully saturated rings. The van der Waals surface area contributed by atoms with Crippen LogP contribution in [0.2, 0.25) is 0 Å². The summed E-state index contributed by atoms with van der Waals surface area (Å²) in [5, 5.41) is 5.89. The molecule has 1 amide bonds. The van der Waals surface area contributed by atoms with E-state index in [1.807, 2.05) is 26.8 Å². The van der Waals surface area contributed by atoms with Crippen LogP contribution in [-0.4, -0.2) is 23.2 Å². The lowest BCUT2D eigenvalue weighted by Gasteiger charge is -2.19. The van der Waals surface area contributed by atoms with Crippen LogP contribution in [-0.2, 0) is 4.74 Å². The number of ether oxygens (including phenoxy) is 1. The van der Waals surface area contributed by atoms with Gasteiger partial charge in [0, 0.05) is 6.54 Å². The normalized spacial score (nSPS) is 11.3. The van der Waals surface area contributed by atoms with E-state index in [0.717, 1.165) is 18.8 Å². The van der Waals surface area contributed by atoms with Crippen molar-refractivity contribution in [1.29, 1.82) is 0 Å². The smallest absolute Gasteiger partial charge is 0.412 e. The van der Waals surface area contributed by atoms with Gasteiger partial charge in [-0.05, 0) is 45.2 Å². The molecule has 0 aromatic carbocycles. The van der Waals surface area contributed by atoms with Gasteiger partial charge in [-0.15, -0.1) is 0 Å². The Labute approximate surface area is 121 Å². The molecule has 5 heteroatoms. The zero-order valence-corrected chi connectivity index (χ0v) is 13.0. The molecule has 0 saturated carbocycles. The number of nitrogens with one attached hydrogen (secondary N) is 2. The Bertz CT molecular complexity index is 422. The summed E-state index contributed by atoms with van der Waals surface area (Å²) in [6.07, 6.45) is 2.24. The quantitative estimate of drug-likeness (QED) is 0.858.